The van der Waals surface area contributed by atoms with Crippen molar-refractivity contribution in [3.63, 3.8) is 0 Å². The van der Waals surface area contributed by atoms with Gasteiger partial charge in [0.2, 0.25) is 10.0 Å². The average Bonchev–Trinajstić information content (AvgIpc) is 3.49. The summed E-state index contributed by atoms with van der Waals surface area (Å²) in [5.74, 6) is -0.790. The molecule has 3 aromatic rings. The molecule has 0 bridgehead atoms. The van der Waals surface area contributed by atoms with Gasteiger partial charge in [-0.15, -0.1) is 0 Å². The van der Waals surface area contributed by atoms with Crippen LogP contribution in [0, 0.1) is 5.82 Å². The van der Waals surface area contributed by atoms with Crippen molar-refractivity contribution in [3.05, 3.63) is 52.4 Å². The van der Waals surface area contributed by atoms with E-state index in [0.29, 0.717) is 22.3 Å². The first-order valence-electron chi connectivity index (χ1n) is 9.87. The Hall–Kier alpha value is -2.65. The third-order valence-electron chi connectivity index (χ3n) is 5.38. The third-order valence-corrected chi connectivity index (χ3v) is 6.95. The summed E-state index contributed by atoms with van der Waals surface area (Å²) < 4.78 is 41.6. The summed E-state index contributed by atoms with van der Waals surface area (Å²) in [4.78, 5) is 12.8. The maximum atomic E-state index is 14.1. The lowest BCUT2D eigenvalue weighted by atomic mass is 10.0. The first-order chi connectivity index (χ1) is 14.7. The van der Waals surface area contributed by atoms with Gasteiger partial charge in [0, 0.05) is 25.0 Å². The Kier molecular flexibility index (Phi) is 5.43. The standard InChI is InChI=1S/C21H22ClFN4O3S/c1-4-26(31(3,29)30)19-11-18-15(10-14(19)12-5-6-12)20(21(28)24-2)27(25-18)13-7-8-16(22)17(23)9-13/h7-12H,4-6H2,1-3H3,(H,24,28). The zero-order chi connectivity index (χ0) is 22.5. The van der Waals surface area contributed by atoms with E-state index in [-0.39, 0.29) is 29.1 Å². The molecule has 0 saturated heterocycles. The molecule has 1 N–H and O–H groups in total. The molecule has 1 amide bonds. The Morgan fingerprint density at radius 2 is 2.03 bits per heavy atom. The van der Waals surface area contributed by atoms with Gasteiger partial charge in [0.05, 0.1) is 28.2 Å². The zero-order valence-corrected chi connectivity index (χ0v) is 18.9. The van der Waals surface area contributed by atoms with E-state index in [1.165, 1.54) is 34.4 Å². The Balaban J connectivity index is 2.02. The number of nitrogens with zero attached hydrogens (tertiary/aromatic N) is 3. The van der Waals surface area contributed by atoms with E-state index in [1.54, 1.807) is 19.1 Å². The molecule has 0 aliphatic heterocycles. The van der Waals surface area contributed by atoms with Crippen molar-refractivity contribution in [1.29, 1.82) is 0 Å². The van der Waals surface area contributed by atoms with E-state index in [9.17, 15) is 17.6 Å². The van der Waals surface area contributed by atoms with Gasteiger partial charge < -0.3 is 5.32 Å². The predicted octanol–water partition coefficient (Wildman–Crippen LogP) is 3.84. The topological polar surface area (TPSA) is 84.3 Å². The van der Waals surface area contributed by atoms with Gasteiger partial charge in [-0.05, 0) is 55.5 Å². The molecule has 0 radical (unpaired) electrons. The van der Waals surface area contributed by atoms with E-state index >= 15 is 0 Å². The lowest BCUT2D eigenvalue weighted by Gasteiger charge is -2.23. The molecule has 1 aliphatic carbocycles. The predicted molar refractivity (Wildman–Crippen MR) is 119 cm³/mol. The summed E-state index contributed by atoms with van der Waals surface area (Å²) in [5, 5.41) is 7.67. The second kappa shape index (κ2) is 7.80. The van der Waals surface area contributed by atoms with E-state index in [0.717, 1.165) is 18.4 Å². The van der Waals surface area contributed by atoms with Crippen molar-refractivity contribution in [2.45, 2.75) is 25.7 Å². The fourth-order valence-electron chi connectivity index (χ4n) is 3.80. The smallest absolute Gasteiger partial charge is 0.270 e. The molecule has 1 fully saturated rings. The van der Waals surface area contributed by atoms with Gasteiger partial charge in [0.25, 0.3) is 5.91 Å². The van der Waals surface area contributed by atoms with Crippen LogP contribution < -0.4 is 9.62 Å². The fraction of sp³-hybridized carbons (Fsp3) is 0.333. The van der Waals surface area contributed by atoms with Crippen LogP contribution in [0.4, 0.5) is 10.1 Å². The molecule has 4 rings (SSSR count). The van der Waals surface area contributed by atoms with Gasteiger partial charge in [-0.3, -0.25) is 9.10 Å². The lowest BCUT2D eigenvalue weighted by molar-refractivity contribution is 0.0957. The van der Waals surface area contributed by atoms with Crippen LogP contribution in [0.3, 0.4) is 0 Å². The van der Waals surface area contributed by atoms with E-state index < -0.39 is 15.8 Å². The number of carbonyl (C=O) groups excluding carboxylic acids is 1. The molecule has 7 nitrogen and oxygen atoms in total. The summed E-state index contributed by atoms with van der Waals surface area (Å²) in [5.41, 5.74) is 2.45. The van der Waals surface area contributed by atoms with Gasteiger partial charge in [-0.1, -0.05) is 11.6 Å². The Morgan fingerprint density at radius 1 is 1.32 bits per heavy atom. The minimum Gasteiger partial charge on any atom is -0.354 e. The zero-order valence-electron chi connectivity index (χ0n) is 17.3. The van der Waals surface area contributed by atoms with Crippen LogP contribution in [0.5, 0.6) is 0 Å². The second-order valence-corrected chi connectivity index (χ2v) is 9.88. The van der Waals surface area contributed by atoms with Crippen LogP contribution in [-0.2, 0) is 10.0 Å². The first kappa shape index (κ1) is 21.6. The summed E-state index contributed by atoms with van der Waals surface area (Å²) in [6.45, 7) is 2.04. The Morgan fingerprint density at radius 3 is 2.58 bits per heavy atom. The van der Waals surface area contributed by atoms with E-state index in [1.807, 2.05) is 6.07 Å². The first-order valence-corrected chi connectivity index (χ1v) is 12.1. The van der Waals surface area contributed by atoms with Crippen molar-refractivity contribution >= 4 is 44.1 Å². The van der Waals surface area contributed by atoms with Gasteiger partial charge in [-0.2, -0.15) is 5.10 Å². The summed E-state index contributed by atoms with van der Waals surface area (Å²) in [6, 6.07) is 7.72. The van der Waals surface area contributed by atoms with Crippen molar-refractivity contribution < 1.29 is 17.6 Å². The number of rotatable bonds is 6. The van der Waals surface area contributed by atoms with Gasteiger partial charge >= 0.3 is 0 Å². The van der Waals surface area contributed by atoms with E-state index in [2.05, 4.69) is 10.4 Å². The Labute approximate surface area is 184 Å². The molecule has 0 spiro atoms. The maximum absolute atomic E-state index is 14.1. The van der Waals surface area contributed by atoms with Crippen LogP contribution in [0.1, 0.15) is 41.7 Å². The molecule has 164 valence electrons. The number of carbonyl (C=O) groups is 1. The van der Waals surface area contributed by atoms with Gasteiger partial charge in [-0.25, -0.2) is 17.5 Å². The molecule has 0 atom stereocenters. The molecular formula is C21H22ClFN4O3S. The highest BCUT2D eigenvalue weighted by molar-refractivity contribution is 7.92. The number of aromatic nitrogens is 2. The third kappa shape index (κ3) is 3.87. The number of halogens is 2. The SMILES string of the molecule is CCN(c1cc2nn(-c3ccc(Cl)c(F)c3)c(C(=O)NC)c2cc1C1CC1)S(C)(=O)=O. The van der Waals surface area contributed by atoms with Gasteiger partial charge in [0.15, 0.2) is 0 Å². The maximum Gasteiger partial charge on any atom is 0.270 e. The number of fused-ring (bicyclic) bond motifs is 1. The van der Waals surface area contributed by atoms with E-state index in [4.69, 9.17) is 11.6 Å². The molecular weight excluding hydrogens is 443 g/mol. The Bertz CT molecular complexity index is 1300. The van der Waals surface area contributed by atoms with Crippen molar-refractivity contribution in [2.75, 3.05) is 24.2 Å². The minimum atomic E-state index is -3.50. The highest BCUT2D eigenvalue weighted by Crippen LogP contribution is 2.46. The van der Waals surface area contributed by atoms with Crippen LogP contribution in [0.2, 0.25) is 5.02 Å². The molecule has 1 heterocycles. The largest absolute Gasteiger partial charge is 0.354 e. The number of sulfonamides is 1. The summed E-state index contributed by atoms with van der Waals surface area (Å²) in [6.07, 6.45) is 3.07. The lowest BCUT2D eigenvalue weighted by Crippen LogP contribution is -2.30. The number of nitrogens with one attached hydrogen (secondary N) is 1. The van der Waals surface area contributed by atoms with Crippen LogP contribution in [0.25, 0.3) is 16.6 Å². The minimum absolute atomic E-state index is 0.0352. The molecule has 1 aromatic heterocycles. The molecule has 2 aromatic carbocycles. The number of hydrogen-bond acceptors (Lipinski definition) is 4. The summed E-state index contributed by atoms with van der Waals surface area (Å²) in [7, 11) is -1.99. The average molecular weight is 465 g/mol. The number of benzene rings is 2. The molecule has 0 unspecified atom stereocenters. The highest BCUT2D eigenvalue weighted by atomic mass is 35.5. The summed E-state index contributed by atoms with van der Waals surface area (Å²) >= 11 is 5.81. The molecule has 10 heteroatoms. The second-order valence-electron chi connectivity index (χ2n) is 7.57. The highest BCUT2D eigenvalue weighted by Gasteiger charge is 2.32. The van der Waals surface area contributed by atoms with Crippen LogP contribution >= 0.6 is 11.6 Å². The molecule has 1 aliphatic rings. The number of amides is 1. The van der Waals surface area contributed by atoms with Crippen LogP contribution in [0.15, 0.2) is 30.3 Å². The molecule has 1 saturated carbocycles. The number of hydrogen-bond donors (Lipinski definition) is 1. The van der Waals surface area contributed by atoms with Gasteiger partial charge in [0.1, 0.15) is 11.5 Å². The van der Waals surface area contributed by atoms with Crippen LogP contribution in [-0.4, -0.2) is 44.0 Å². The quantitative estimate of drug-likeness (QED) is 0.600. The fourth-order valence-corrected chi connectivity index (χ4v) is 4.90. The monoisotopic (exact) mass is 464 g/mol. The number of anilines is 1. The van der Waals surface area contributed by atoms with Crippen molar-refractivity contribution in [3.8, 4) is 5.69 Å². The van der Waals surface area contributed by atoms with Crippen molar-refractivity contribution in [2.24, 2.45) is 0 Å². The normalized spacial score (nSPS) is 14.1. The van der Waals surface area contributed by atoms with Crippen molar-refractivity contribution in [1.82, 2.24) is 15.1 Å². The molecule has 31 heavy (non-hydrogen) atoms.